The van der Waals surface area contributed by atoms with Crippen LogP contribution < -0.4 is 4.74 Å². The number of para-hydroxylation sites is 1. The Kier molecular flexibility index (Phi) is 7.43. The van der Waals surface area contributed by atoms with Gasteiger partial charge in [0.05, 0.1) is 38.3 Å². The maximum atomic E-state index is 13.5. The summed E-state index contributed by atoms with van der Waals surface area (Å²) in [6, 6.07) is 15.8. The second kappa shape index (κ2) is 11.0. The fourth-order valence-corrected chi connectivity index (χ4v) is 4.70. The summed E-state index contributed by atoms with van der Waals surface area (Å²) >= 11 is 0. The van der Waals surface area contributed by atoms with Crippen molar-refractivity contribution in [3.8, 4) is 5.75 Å². The first-order chi connectivity index (χ1) is 16.8. The number of amides is 1. The quantitative estimate of drug-likeness (QED) is 0.534. The Bertz CT molecular complexity index is 1090. The largest absolute Gasteiger partial charge is 0.491 e. The minimum Gasteiger partial charge on any atom is -0.491 e. The molecule has 7 heteroatoms. The van der Waals surface area contributed by atoms with Gasteiger partial charge in [-0.15, -0.1) is 0 Å². The lowest BCUT2D eigenvalue weighted by Gasteiger charge is -2.27. The summed E-state index contributed by atoms with van der Waals surface area (Å²) in [5, 5.41) is 1.10. The van der Waals surface area contributed by atoms with E-state index >= 15 is 0 Å². The number of rotatable bonds is 7. The van der Waals surface area contributed by atoms with Crippen molar-refractivity contribution in [2.75, 3.05) is 65.8 Å². The van der Waals surface area contributed by atoms with Crippen LogP contribution in [0.2, 0.25) is 0 Å². The first-order valence-corrected chi connectivity index (χ1v) is 12.1. The van der Waals surface area contributed by atoms with Crippen molar-refractivity contribution in [3.05, 3.63) is 65.9 Å². The van der Waals surface area contributed by atoms with E-state index in [2.05, 4.69) is 23.1 Å². The number of hydrogen-bond acceptors (Lipinski definition) is 6. The summed E-state index contributed by atoms with van der Waals surface area (Å²) in [7, 11) is 0. The highest BCUT2D eigenvalue weighted by Gasteiger charge is 2.26. The van der Waals surface area contributed by atoms with Gasteiger partial charge in [-0.2, -0.15) is 0 Å². The van der Waals surface area contributed by atoms with Gasteiger partial charge in [0, 0.05) is 44.0 Å². The van der Waals surface area contributed by atoms with Crippen LogP contribution in [0.25, 0.3) is 11.0 Å². The minimum atomic E-state index is -0.000964. The van der Waals surface area contributed by atoms with E-state index in [0.717, 1.165) is 50.2 Å². The van der Waals surface area contributed by atoms with Crippen LogP contribution in [0, 0.1) is 5.92 Å². The van der Waals surface area contributed by atoms with Crippen LogP contribution in [0.4, 0.5) is 0 Å². The molecule has 1 unspecified atom stereocenters. The molecule has 7 nitrogen and oxygen atoms in total. The van der Waals surface area contributed by atoms with E-state index in [4.69, 9.17) is 18.6 Å². The van der Waals surface area contributed by atoms with Gasteiger partial charge in [0.1, 0.15) is 17.9 Å². The molecule has 180 valence electrons. The molecular weight excluding hydrogens is 432 g/mol. The van der Waals surface area contributed by atoms with E-state index in [-0.39, 0.29) is 11.8 Å². The normalized spacial score (nSPS) is 19.8. The fourth-order valence-electron chi connectivity index (χ4n) is 4.70. The lowest BCUT2D eigenvalue weighted by Crippen LogP contribution is -2.39. The molecule has 0 bridgehead atoms. The molecule has 2 saturated heterocycles. The number of carbonyl (C=O) groups excluding carboxylic acids is 1. The van der Waals surface area contributed by atoms with Gasteiger partial charge in [-0.3, -0.25) is 9.69 Å². The topological polar surface area (TPSA) is 64.4 Å². The van der Waals surface area contributed by atoms with Crippen LogP contribution in [0.3, 0.4) is 0 Å². The van der Waals surface area contributed by atoms with Gasteiger partial charge >= 0.3 is 0 Å². The number of carbonyl (C=O) groups is 1. The zero-order valence-electron chi connectivity index (χ0n) is 19.5. The fraction of sp³-hybridized carbons (Fsp3) is 0.444. The molecule has 3 aromatic rings. The zero-order chi connectivity index (χ0) is 23.2. The second-order valence-electron chi connectivity index (χ2n) is 8.99. The molecule has 0 aliphatic carbocycles. The number of morpholine rings is 1. The average molecular weight is 465 g/mol. The molecule has 0 saturated carbocycles. The molecule has 1 atom stereocenters. The SMILES string of the molecule is O=C(c1ccccc1OCCN1CCOCC1)N1CCOCC(Cc2ccc3ccoc3c2)C1. The summed E-state index contributed by atoms with van der Waals surface area (Å²) in [5.74, 6) is 0.859. The Labute approximate surface area is 200 Å². The molecule has 2 fully saturated rings. The van der Waals surface area contributed by atoms with E-state index in [1.54, 1.807) is 6.26 Å². The van der Waals surface area contributed by atoms with Gasteiger partial charge in [-0.1, -0.05) is 24.3 Å². The smallest absolute Gasteiger partial charge is 0.257 e. The molecule has 2 aliphatic heterocycles. The molecule has 0 radical (unpaired) electrons. The van der Waals surface area contributed by atoms with Crippen LogP contribution in [0.1, 0.15) is 15.9 Å². The number of nitrogens with zero attached hydrogens (tertiary/aromatic N) is 2. The predicted octanol–water partition coefficient (Wildman–Crippen LogP) is 3.48. The highest BCUT2D eigenvalue weighted by atomic mass is 16.5. The first-order valence-electron chi connectivity index (χ1n) is 12.1. The third-order valence-corrected chi connectivity index (χ3v) is 6.56. The number of hydrogen-bond donors (Lipinski definition) is 0. The first kappa shape index (κ1) is 22.9. The minimum absolute atomic E-state index is 0.000964. The molecule has 2 aromatic carbocycles. The van der Waals surface area contributed by atoms with Gasteiger partial charge < -0.3 is 23.5 Å². The molecule has 5 rings (SSSR count). The molecular formula is C27H32N2O5. The van der Waals surface area contributed by atoms with Gasteiger partial charge in [0.25, 0.3) is 5.91 Å². The van der Waals surface area contributed by atoms with Crippen molar-refractivity contribution in [2.45, 2.75) is 6.42 Å². The Morgan fingerprint density at radius 2 is 1.85 bits per heavy atom. The standard InChI is InChI=1S/C27H32N2O5/c30-27(24-3-1-2-4-25(24)34-16-10-28-8-13-31-14-9-28)29-11-15-32-20-22(19-29)17-21-5-6-23-7-12-33-26(23)18-21/h1-7,12,18,22H,8-11,13-17,19-20H2. The number of furan rings is 1. The Morgan fingerprint density at radius 3 is 2.76 bits per heavy atom. The van der Waals surface area contributed by atoms with Crippen molar-refractivity contribution in [1.29, 1.82) is 0 Å². The lowest BCUT2D eigenvalue weighted by atomic mass is 9.98. The monoisotopic (exact) mass is 464 g/mol. The Morgan fingerprint density at radius 1 is 1.00 bits per heavy atom. The van der Waals surface area contributed by atoms with E-state index in [1.807, 2.05) is 35.2 Å². The van der Waals surface area contributed by atoms with E-state index in [9.17, 15) is 4.79 Å². The van der Waals surface area contributed by atoms with Crippen molar-refractivity contribution in [3.63, 3.8) is 0 Å². The van der Waals surface area contributed by atoms with Crippen LogP contribution >= 0.6 is 0 Å². The molecule has 34 heavy (non-hydrogen) atoms. The van der Waals surface area contributed by atoms with E-state index < -0.39 is 0 Å². The van der Waals surface area contributed by atoms with Crippen molar-refractivity contribution < 1.29 is 23.4 Å². The molecule has 0 spiro atoms. The molecule has 0 N–H and O–H groups in total. The van der Waals surface area contributed by atoms with Gasteiger partial charge in [-0.05, 0) is 36.2 Å². The van der Waals surface area contributed by atoms with Crippen molar-refractivity contribution >= 4 is 16.9 Å². The van der Waals surface area contributed by atoms with Crippen molar-refractivity contribution in [1.82, 2.24) is 9.80 Å². The third-order valence-electron chi connectivity index (χ3n) is 6.56. The molecule has 2 aliphatic rings. The summed E-state index contributed by atoms with van der Waals surface area (Å²) in [4.78, 5) is 17.8. The van der Waals surface area contributed by atoms with Crippen LogP contribution in [-0.2, 0) is 15.9 Å². The van der Waals surface area contributed by atoms with E-state index in [1.165, 1.54) is 5.56 Å². The Balaban J connectivity index is 1.23. The number of ether oxygens (including phenoxy) is 3. The highest BCUT2D eigenvalue weighted by molar-refractivity contribution is 5.97. The molecule has 3 heterocycles. The third kappa shape index (κ3) is 5.60. The highest BCUT2D eigenvalue weighted by Crippen LogP contribution is 2.24. The van der Waals surface area contributed by atoms with Crippen molar-refractivity contribution in [2.24, 2.45) is 5.92 Å². The maximum absolute atomic E-state index is 13.5. The van der Waals surface area contributed by atoms with Crippen LogP contribution in [0.5, 0.6) is 5.75 Å². The summed E-state index contributed by atoms with van der Waals surface area (Å²) in [5.41, 5.74) is 2.70. The average Bonchev–Trinajstić information content (AvgIpc) is 3.22. The second-order valence-corrected chi connectivity index (χ2v) is 8.99. The number of benzene rings is 2. The number of fused-ring (bicyclic) bond motifs is 1. The van der Waals surface area contributed by atoms with E-state index in [0.29, 0.717) is 44.2 Å². The maximum Gasteiger partial charge on any atom is 0.257 e. The molecule has 1 amide bonds. The summed E-state index contributed by atoms with van der Waals surface area (Å²) in [6.07, 6.45) is 2.54. The van der Waals surface area contributed by atoms with Gasteiger partial charge in [0.2, 0.25) is 0 Å². The zero-order valence-corrected chi connectivity index (χ0v) is 19.5. The molecule has 1 aromatic heterocycles. The predicted molar refractivity (Wildman–Crippen MR) is 129 cm³/mol. The van der Waals surface area contributed by atoms with Gasteiger partial charge in [0.15, 0.2) is 0 Å². The van der Waals surface area contributed by atoms with Gasteiger partial charge in [-0.25, -0.2) is 0 Å². The van der Waals surface area contributed by atoms with Crippen LogP contribution in [-0.4, -0.2) is 81.5 Å². The summed E-state index contributed by atoms with van der Waals surface area (Å²) < 4.78 is 22.9. The summed E-state index contributed by atoms with van der Waals surface area (Å²) in [6.45, 7) is 7.16. The van der Waals surface area contributed by atoms with Crippen LogP contribution in [0.15, 0.2) is 59.2 Å². The lowest BCUT2D eigenvalue weighted by molar-refractivity contribution is 0.0321. The Hall–Kier alpha value is -2.87.